The summed E-state index contributed by atoms with van der Waals surface area (Å²) in [6.07, 6.45) is 0. The molecule has 2 rings (SSSR count). The lowest BCUT2D eigenvalue weighted by Gasteiger charge is -2.11. The lowest BCUT2D eigenvalue weighted by Crippen LogP contribution is -2.13. The van der Waals surface area contributed by atoms with Gasteiger partial charge in [0.2, 0.25) is 0 Å². The van der Waals surface area contributed by atoms with Crippen LogP contribution in [0.3, 0.4) is 0 Å². The second-order valence-electron chi connectivity index (χ2n) is 4.30. The first kappa shape index (κ1) is 13.6. The average molecular weight is 259 g/mol. The lowest BCUT2D eigenvalue weighted by atomic mass is 10.1. The maximum atomic E-state index is 13.0. The third-order valence-electron chi connectivity index (χ3n) is 2.87. The maximum Gasteiger partial charge on any atom is 0.126 e. The zero-order valence-electron chi connectivity index (χ0n) is 11.0. The summed E-state index contributed by atoms with van der Waals surface area (Å²) in [5.41, 5.74) is 2.33. The molecular weight excluding hydrogens is 241 g/mol. The molecule has 0 aliphatic heterocycles. The number of rotatable bonds is 6. The maximum absolute atomic E-state index is 13.0. The van der Waals surface area contributed by atoms with E-state index in [0.29, 0.717) is 12.4 Å². The van der Waals surface area contributed by atoms with Crippen molar-refractivity contribution in [3.05, 3.63) is 65.5 Å². The van der Waals surface area contributed by atoms with Crippen molar-refractivity contribution in [1.82, 2.24) is 5.32 Å². The molecule has 0 saturated heterocycles. The Bertz CT molecular complexity index is 528. The van der Waals surface area contributed by atoms with Gasteiger partial charge in [0.1, 0.15) is 18.2 Å². The number of hydrogen-bond donors (Lipinski definition) is 1. The van der Waals surface area contributed by atoms with E-state index in [1.807, 2.05) is 18.2 Å². The first-order valence-electron chi connectivity index (χ1n) is 6.45. The fraction of sp³-hybridized carbons (Fsp3) is 0.250. The lowest BCUT2D eigenvalue weighted by molar-refractivity contribution is 0.303. The number of nitrogens with one attached hydrogen (secondary N) is 1. The molecule has 0 atom stereocenters. The molecule has 0 heterocycles. The van der Waals surface area contributed by atoms with Crippen molar-refractivity contribution in [1.29, 1.82) is 0 Å². The Kier molecular flexibility index (Phi) is 4.93. The van der Waals surface area contributed by atoms with Crippen molar-refractivity contribution in [2.24, 2.45) is 0 Å². The molecule has 0 bridgehead atoms. The van der Waals surface area contributed by atoms with E-state index >= 15 is 0 Å². The van der Waals surface area contributed by atoms with Crippen LogP contribution in [0.15, 0.2) is 48.5 Å². The summed E-state index contributed by atoms with van der Waals surface area (Å²) in [7, 11) is 0. The van der Waals surface area contributed by atoms with Crippen LogP contribution < -0.4 is 10.1 Å². The van der Waals surface area contributed by atoms with Gasteiger partial charge in [0.15, 0.2) is 0 Å². The highest BCUT2D eigenvalue weighted by Gasteiger charge is 2.03. The summed E-state index contributed by atoms with van der Waals surface area (Å²) in [5.74, 6) is 0.275. The molecule has 0 aliphatic carbocycles. The summed E-state index contributed by atoms with van der Waals surface area (Å²) in [6, 6.07) is 14.3. The molecule has 3 heteroatoms. The number of benzene rings is 2. The zero-order valence-corrected chi connectivity index (χ0v) is 11.0. The molecule has 0 unspecified atom stereocenters. The predicted octanol–water partition coefficient (Wildman–Crippen LogP) is 3.51. The molecule has 0 saturated carbocycles. The van der Waals surface area contributed by atoms with E-state index in [2.05, 4.69) is 18.3 Å². The summed E-state index contributed by atoms with van der Waals surface area (Å²) in [5, 5.41) is 3.30. The Hall–Kier alpha value is -1.87. The molecule has 0 spiro atoms. The third-order valence-corrected chi connectivity index (χ3v) is 2.87. The second kappa shape index (κ2) is 6.90. The predicted molar refractivity (Wildman–Crippen MR) is 74.6 cm³/mol. The summed E-state index contributed by atoms with van der Waals surface area (Å²) in [4.78, 5) is 0. The molecule has 2 aromatic rings. The van der Waals surface area contributed by atoms with Crippen LogP contribution in [-0.4, -0.2) is 6.54 Å². The van der Waals surface area contributed by atoms with E-state index < -0.39 is 0 Å². The van der Waals surface area contributed by atoms with Gasteiger partial charge in [-0.15, -0.1) is 0 Å². The molecule has 100 valence electrons. The van der Waals surface area contributed by atoms with Crippen molar-refractivity contribution < 1.29 is 9.13 Å². The molecule has 19 heavy (non-hydrogen) atoms. The second-order valence-corrected chi connectivity index (χ2v) is 4.30. The van der Waals surface area contributed by atoms with Gasteiger partial charge in [-0.25, -0.2) is 4.39 Å². The van der Waals surface area contributed by atoms with Gasteiger partial charge in [0.05, 0.1) is 0 Å². The van der Waals surface area contributed by atoms with E-state index in [0.717, 1.165) is 18.7 Å². The van der Waals surface area contributed by atoms with Gasteiger partial charge >= 0.3 is 0 Å². The minimum absolute atomic E-state index is 0.279. The van der Waals surface area contributed by atoms with Crippen molar-refractivity contribution in [3.8, 4) is 5.75 Å². The normalized spacial score (nSPS) is 10.4. The largest absolute Gasteiger partial charge is 0.489 e. The van der Waals surface area contributed by atoms with Crippen LogP contribution in [0.5, 0.6) is 5.75 Å². The van der Waals surface area contributed by atoms with Gasteiger partial charge in [0.25, 0.3) is 0 Å². The summed E-state index contributed by atoms with van der Waals surface area (Å²) < 4.78 is 18.7. The topological polar surface area (TPSA) is 21.3 Å². The Labute approximate surface area is 113 Å². The monoisotopic (exact) mass is 259 g/mol. The van der Waals surface area contributed by atoms with Gasteiger partial charge in [-0.1, -0.05) is 37.3 Å². The Morgan fingerprint density at radius 1 is 1.05 bits per heavy atom. The number of hydrogen-bond acceptors (Lipinski definition) is 2. The van der Waals surface area contributed by atoms with Crippen LogP contribution >= 0.6 is 0 Å². The van der Waals surface area contributed by atoms with Gasteiger partial charge in [-0.2, -0.15) is 0 Å². The molecule has 1 N–H and O–H groups in total. The fourth-order valence-electron chi connectivity index (χ4n) is 1.85. The van der Waals surface area contributed by atoms with Crippen molar-refractivity contribution in [2.45, 2.75) is 20.1 Å². The molecular formula is C16H18FNO. The summed E-state index contributed by atoms with van der Waals surface area (Å²) >= 11 is 0. The van der Waals surface area contributed by atoms with Crippen LogP contribution in [0, 0.1) is 5.82 Å². The summed E-state index contributed by atoms with van der Waals surface area (Å²) in [6.45, 7) is 4.27. The molecule has 0 aromatic heterocycles. The molecule has 2 nitrogen and oxygen atoms in total. The zero-order chi connectivity index (χ0) is 13.5. The van der Waals surface area contributed by atoms with Crippen LogP contribution in [0.1, 0.15) is 18.1 Å². The molecule has 0 amide bonds. The van der Waals surface area contributed by atoms with Crippen LogP contribution in [0.4, 0.5) is 4.39 Å². The molecule has 0 fully saturated rings. The minimum atomic E-state index is -0.279. The van der Waals surface area contributed by atoms with Crippen molar-refractivity contribution in [2.75, 3.05) is 6.54 Å². The Balaban J connectivity index is 2.02. The fourth-order valence-corrected chi connectivity index (χ4v) is 1.85. The van der Waals surface area contributed by atoms with Crippen LogP contribution in [0.2, 0.25) is 0 Å². The van der Waals surface area contributed by atoms with Crippen LogP contribution in [0.25, 0.3) is 0 Å². The first-order chi connectivity index (χ1) is 9.29. The number of ether oxygens (including phenoxy) is 1. The SMILES string of the molecule is CCNCc1ccccc1COc1cccc(F)c1. The van der Waals surface area contributed by atoms with Gasteiger partial charge in [-0.3, -0.25) is 0 Å². The van der Waals surface area contributed by atoms with Crippen molar-refractivity contribution in [3.63, 3.8) is 0 Å². The van der Waals surface area contributed by atoms with E-state index in [1.54, 1.807) is 12.1 Å². The van der Waals surface area contributed by atoms with Crippen molar-refractivity contribution >= 4 is 0 Å². The molecule has 2 aromatic carbocycles. The van der Waals surface area contributed by atoms with Crippen LogP contribution in [-0.2, 0) is 13.2 Å². The highest BCUT2D eigenvalue weighted by molar-refractivity contribution is 5.28. The number of halogens is 1. The smallest absolute Gasteiger partial charge is 0.126 e. The highest BCUT2D eigenvalue weighted by atomic mass is 19.1. The minimum Gasteiger partial charge on any atom is -0.489 e. The van der Waals surface area contributed by atoms with Gasteiger partial charge < -0.3 is 10.1 Å². The van der Waals surface area contributed by atoms with Gasteiger partial charge in [0, 0.05) is 12.6 Å². The van der Waals surface area contributed by atoms with Gasteiger partial charge in [-0.05, 0) is 29.8 Å². The Morgan fingerprint density at radius 2 is 1.84 bits per heavy atom. The van der Waals surface area contributed by atoms with E-state index in [1.165, 1.54) is 17.7 Å². The van der Waals surface area contributed by atoms with E-state index in [9.17, 15) is 4.39 Å². The first-order valence-corrected chi connectivity index (χ1v) is 6.45. The molecule has 0 aliphatic rings. The highest BCUT2D eigenvalue weighted by Crippen LogP contribution is 2.16. The quantitative estimate of drug-likeness (QED) is 0.857. The van der Waals surface area contributed by atoms with E-state index in [4.69, 9.17) is 4.74 Å². The average Bonchev–Trinajstić information content (AvgIpc) is 2.44. The Morgan fingerprint density at radius 3 is 2.58 bits per heavy atom. The van der Waals surface area contributed by atoms with E-state index in [-0.39, 0.29) is 5.82 Å². The standard InChI is InChI=1S/C16H18FNO/c1-2-18-11-13-6-3-4-7-14(13)12-19-16-9-5-8-15(17)10-16/h3-10,18H,2,11-12H2,1H3. The third kappa shape index (κ3) is 4.07. The molecule has 0 radical (unpaired) electrons.